The van der Waals surface area contributed by atoms with E-state index in [4.69, 9.17) is 5.73 Å². The zero-order chi connectivity index (χ0) is 7.40. The molecular weight excluding hydrogens is 130 g/mol. The third kappa shape index (κ3) is 1.51. The summed E-state index contributed by atoms with van der Waals surface area (Å²) >= 11 is 0. The highest BCUT2D eigenvalue weighted by Crippen LogP contribution is 2.10. The maximum Gasteiger partial charge on any atom is 0.177 e. The minimum atomic E-state index is 0.309. The fourth-order valence-corrected chi connectivity index (χ4v) is 0.757. The van der Waals surface area contributed by atoms with Gasteiger partial charge in [-0.1, -0.05) is 12.1 Å². The number of hydrogen-bond donors (Lipinski definition) is 2. The molecule has 0 aromatic carbocycles. The van der Waals surface area contributed by atoms with Gasteiger partial charge in [0.2, 0.25) is 0 Å². The van der Waals surface area contributed by atoms with Crippen molar-refractivity contribution in [3.8, 4) is 0 Å². The predicted molar refractivity (Wildman–Crippen MR) is 36.3 cm³/mol. The molecule has 1 aromatic rings. The van der Waals surface area contributed by atoms with E-state index in [1.54, 1.807) is 0 Å². The number of hydrogen-bond acceptors (Lipinski definition) is 4. The lowest BCUT2D eigenvalue weighted by Gasteiger charge is -2.01. The Balaban J connectivity index is 2.50. The summed E-state index contributed by atoms with van der Waals surface area (Å²) in [4.78, 5) is 0. The number of tetrazole rings is 1. The number of H-pyrrole nitrogens is 1. The minimum Gasteiger partial charge on any atom is -0.330 e. The molecule has 0 amide bonds. The average molecular weight is 141 g/mol. The van der Waals surface area contributed by atoms with Crippen LogP contribution >= 0.6 is 0 Å². The summed E-state index contributed by atoms with van der Waals surface area (Å²) in [6.45, 7) is 2.69. The maximum absolute atomic E-state index is 5.35. The Kier molecular flexibility index (Phi) is 2.33. The molecule has 1 aromatic heterocycles. The lowest BCUT2D eigenvalue weighted by molar-refractivity contribution is 0.648. The molecule has 0 fully saturated rings. The molecule has 3 N–H and O–H groups in total. The Bertz CT molecular complexity index is 170. The molecule has 0 saturated heterocycles. The molecule has 1 unspecified atom stereocenters. The molecule has 0 spiro atoms. The summed E-state index contributed by atoms with van der Waals surface area (Å²) in [7, 11) is 0. The number of rotatable bonds is 3. The number of nitrogens with one attached hydrogen (secondary N) is 1. The Morgan fingerprint density at radius 3 is 3.00 bits per heavy atom. The van der Waals surface area contributed by atoms with Crippen molar-refractivity contribution in [3.63, 3.8) is 0 Å². The molecule has 0 radical (unpaired) electrons. The summed E-state index contributed by atoms with van der Waals surface area (Å²) in [6.07, 6.45) is 0.902. The molecule has 1 rings (SSSR count). The van der Waals surface area contributed by atoms with Gasteiger partial charge in [-0.05, 0) is 13.0 Å². The topological polar surface area (TPSA) is 80.5 Å². The van der Waals surface area contributed by atoms with E-state index in [0.717, 1.165) is 12.2 Å². The van der Waals surface area contributed by atoms with Gasteiger partial charge in [-0.2, -0.15) is 5.21 Å². The molecule has 5 nitrogen and oxygen atoms in total. The van der Waals surface area contributed by atoms with Crippen LogP contribution in [-0.4, -0.2) is 27.2 Å². The lowest BCUT2D eigenvalue weighted by atomic mass is 10.1. The van der Waals surface area contributed by atoms with Crippen LogP contribution in [0.4, 0.5) is 0 Å². The van der Waals surface area contributed by atoms with Crippen LogP contribution in [0.2, 0.25) is 0 Å². The number of nitrogens with two attached hydrogens (primary N) is 1. The van der Waals surface area contributed by atoms with Crippen molar-refractivity contribution in [1.82, 2.24) is 20.6 Å². The molecule has 0 aliphatic heterocycles. The fraction of sp³-hybridized carbons (Fsp3) is 0.800. The highest BCUT2D eigenvalue weighted by molar-refractivity contribution is 4.87. The van der Waals surface area contributed by atoms with E-state index >= 15 is 0 Å². The van der Waals surface area contributed by atoms with Gasteiger partial charge in [0.05, 0.1) is 0 Å². The molecule has 10 heavy (non-hydrogen) atoms. The standard InChI is InChI=1S/C5H11N5/c1-4(2-3-6)5-7-9-10-8-5/h4H,2-3,6H2,1H3,(H,7,8,9,10). The second-order valence-corrected chi connectivity index (χ2v) is 2.25. The Morgan fingerprint density at radius 1 is 1.70 bits per heavy atom. The first kappa shape index (κ1) is 7.14. The molecule has 0 aliphatic rings. The minimum absolute atomic E-state index is 0.309. The smallest absolute Gasteiger partial charge is 0.177 e. The van der Waals surface area contributed by atoms with E-state index in [1.165, 1.54) is 0 Å². The van der Waals surface area contributed by atoms with Crippen LogP contribution in [-0.2, 0) is 0 Å². The van der Waals surface area contributed by atoms with Crippen LogP contribution in [0, 0.1) is 0 Å². The van der Waals surface area contributed by atoms with Gasteiger partial charge in [0, 0.05) is 5.92 Å². The number of nitrogens with zero attached hydrogens (tertiary/aromatic N) is 3. The van der Waals surface area contributed by atoms with Gasteiger partial charge in [0.25, 0.3) is 0 Å². The number of aromatic amines is 1. The maximum atomic E-state index is 5.35. The second kappa shape index (κ2) is 3.26. The van der Waals surface area contributed by atoms with Crippen molar-refractivity contribution in [1.29, 1.82) is 0 Å². The van der Waals surface area contributed by atoms with E-state index in [9.17, 15) is 0 Å². The zero-order valence-corrected chi connectivity index (χ0v) is 5.91. The average Bonchev–Trinajstić information content (AvgIpc) is 2.38. The van der Waals surface area contributed by atoms with Gasteiger partial charge in [-0.15, -0.1) is 10.2 Å². The highest BCUT2D eigenvalue weighted by Gasteiger charge is 2.07. The van der Waals surface area contributed by atoms with Crippen LogP contribution < -0.4 is 5.73 Å². The van der Waals surface area contributed by atoms with Crippen molar-refractivity contribution in [2.45, 2.75) is 19.3 Å². The lowest BCUT2D eigenvalue weighted by Crippen LogP contribution is -2.05. The van der Waals surface area contributed by atoms with Crippen LogP contribution in [0.1, 0.15) is 25.1 Å². The third-order valence-corrected chi connectivity index (χ3v) is 1.40. The van der Waals surface area contributed by atoms with E-state index < -0.39 is 0 Å². The van der Waals surface area contributed by atoms with Crippen molar-refractivity contribution >= 4 is 0 Å². The molecule has 5 heteroatoms. The first-order valence-corrected chi connectivity index (χ1v) is 3.28. The van der Waals surface area contributed by atoms with E-state index in [0.29, 0.717) is 12.5 Å². The highest BCUT2D eigenvalue weighted by atomic mass is 15.5. The van der Waals surface area contributed by atoms with Crippen LogP contribution in [0.15, 0.2) is 0 Å². The Morgan fingerprint density at radius 2 is 2.50 bits per heavy atom. The molecule has 1 atom stereocenters. The summed E-state index contributed by atoms with van der Waals surface area (Å²) in [5.41, 5.74) is 5.35. The molecule has 56 valence electrons. The summed E-state index contributed by atoms with van der Waals surface area (Å²) in [6, 6.07) is 0. The summed E-state index contributed by atoms with van der Waals surface area (Å²) < 4.78 is 0. The van der Waals surface area contributed by atoms with Gasteiger partial charge in [0.15, 0.2) is 5.82 Å². The first-order valence-electron chi connectivity index (χ1n) is 3.28. The first-order chi connectivity index (χ1) is 4.84. The number of aromatic nitrogens is 4. The van der Waals surface area contributed by atoms with Crippen LogP contribution in [0.3, 0.4) is 0 Å². The van der Waals surface area contributed by atoms with Gasteiger partial charge in [-0.3, -0.25) is 0 Å². The fourth-order valence-electron chi connectivity index (χ4n) is 0.757. The third-order valence-electron chi connectivity index (χ3n) is 1.40. The van der Waals surface area contributed by atoms with Gasteiger partial charge in [-0.25, -0.2) is 0 Å². The Labute approximate surface area is 59.0 Å². The second-order valence-electron chi connectivity index (χ2n) is 2.25. The van der Waals surface area contributed by atoms with Crippen molar-refractivity contribution in [3.05, 3.63) is 5.82 Å². The predicted octanol–water partition coefficient (Wildman–Crippen LogP) is -0.348. The molecule has 0 bridgehead atoms. The van der Waals surface area contributed by atoms with Crippen molar-refractivity contribution in [2.24, 2.45) is 5.73 Å². The summed E-state index contributed by atoms with van der Waals surface area (Å²) in [5.74, 6) is 1.05. The van der Waals surface area contributed by atoms with Crippen LogP contribution in [0.25, 0.3) is 0 Å². The van der Waals surface area contributed by atoms with Gasteiger partial charge in [0.1, 0.15) is 0 Å². The largest absolute Gasteiger partial charge is 0.330 e. The summed E-state index contributed by atoms with van der Waals surface area (Å²) in [5, 5.41) is 13.5. The van der Waals surface area contributed by atoms with Crippen molar-refractivity contribution < 1.29 is 0 Å². The van der Waals surface area contributed by atoms with E-state index in [2.05, 4.69) is 20.6 Å². The zero-order valence-electron chi connectivity index (χ0n) is 5.91. The SMILES string of the molecule is CC(CCN)c1nn[nH]n1. The normalized spacial score (nSPS) is 13.4. The molecule has 1 heterocycles. The monoisotopic (exact) mass is 141 g/mol. The quantitative estimate of drug-likeness (QED) is 0.603. The van der Waals surface area contributed by atoms with Gasteiger partial charge >= 0.3 is 0 Å². The van der Waals surface area contributed by atoms with Crippen molar-refractivity contribution in [2.75, 3.05) is 6.54 Å². The molecule has 0 aliphatic carbocycles. The molecular formula is C5H11N5. The van der Waals surface area contributed by atoms with Crippen LogP contribution in [0.5, 0.6) is 0 Å². The van der Waals surface area contributed by atoms with E-state index in [1.807, 2.05) is 6.92 Å². The Hall–Kier alpha value is -0.970. The molecule has 0 saturated carbocycles. The van der Waals surface area contributed by atoms with E-state index in [-0.39, 0.29) is 0 Å². The van der Waals surface area contributed by atoms with Gasteiger partial charge < -0.3 is 5.73 Å².